The molecule has 2 aromatic heterocycles. The predicted octanol–water partition coefficient (Wildman–Crippen LogP) is 9.38. The molecule has 0 radical (unpaired) electrons. The van der Waals surface area contributed by atoms with Crippen molar-refractivity contribution in [2.24, 2.45) is 0 Å². The van der Waals surface area contributed by atoms with Gasteiger partial charge >= 0.3 is 7.12 Å². The summed E-state index contributed by atoms with van der Waals surface area (Å²) < 4.78 is 19.9. The van der Waals surface area contributed by atoms with E-state index >= 15 is 0 Å². The van der Waals surface area contributed by atoms with Crippen LogP contribution in [0.2, 0.25) is 0 Å². The van der Waals surface area contributed by atoms with Gasteiger partial charge in [0.1, 0.15) is 11.2 Å². The van der Waals surface area contributed by atoms with Crippen LogP contribution in [-0.2, 0) is 14.7 Å². The Labute approximate surface area is 286 Å². The second-order valence-corrected chi connectivity index (χ2v) is 14.7. The molecule has 3 heterocycles. The SMILES string of the molecule is CC1(C)c2ccccc2-c2c1cc(-c1nc(-c3ccccc3)nc(-c3ccccc3)n1)c1c2oc2ccc(B3OC(C)(C)C(C)(C)O3)cc21. The Morgan fingerprint density at radius 2 is 1.12 bits per heavy atom. The van der Waals surface area contributed by atoms with Gasteiger partial charge in [-0.2, -0.15) is 0 Å². The molecule has 7 heteroatoms. The van der Waals surface area contributed by atoms with Crippen LogP contribution in [0, 0.1) is 0 Å². The maximum Gasteiger partial charge on any atom is 0.494 e. The second-order valence-electron chi connectivity index (χ2n) is 14.7. The van der Waals surface area contributed by atoms with Crippen LogP contribution in [0.25, 0.3) is 67.2 Å². The van der Waals surface area contributed by atoms with Crippen molar-refractivity contribution < 1.29 is 13.7 Å². The van der Waals surface area contributed by atoms with Gasteiger partial charge in [-0.25, -0.2) is 15.0 Å². The minimum absolute atomic E-state index is 0.265. The second kappa shape index (κ2) is 10.4. The number of hydrogen-bond donors (Lipinski definition) is 0. The van der Waals surface area contributed by atoms with Crippen molar-refractivity contribution in [1.29, 1.82) is 0 Å². The fraction of sp³-hybridized carbons (Fsp3) is 0.214. The van der Waals surface area contributed by atoms with Crippen LogP contribution >= 0.6 is 0 Å². The molecule has 49 heavy (non-hydrogen) atoms. The quantitative estimate of drug-likeness (QED) is 0.178. The molecule has 240 valence electrons. The van der Waals surface area contributed by atoms with Gasteiger partial charge in [0.2, 0.25) is 0 Å². The van der Waals surface area contributed by atoms with Crippen molar-refractivity contribution in [3.8, 4) is 45.3 Å². The smallest absolute Gasteiger partial charge is 0.455 e. The van der Waals surface area contributed by atoms with Gasteiger partial charge in [0.05, 0.1) is 11.2 Å². The molecular weight excluding hydrogens is 605 g/mol. The molecule has 6 nitrogen and oxygen atoms in total. The molecule has 9 rings (SSSR count). The first-order valence-electron chi connectivity index (χ1n) is 16.9. The Morgan fingerprint density at radius 3 is 1.76 bits per heavy atom. The highest BCUT2D eigenvalue weighted by molar-refractivity contribution is 6.62. The number of fused-ring (bicyclic) bond motifs is 7. The molecule has 1 aliphatic heterocycles. The molecular formula is C42H36BN3O3. The van der Waals surface area contributed by atoms with Crippen molar-refractivity contribution in [3.05, 3.63) is 120 Å². The number of furan rings is 1. The summed E-state index contributed by atoms with van der Waals surface area (Å²) in [7, 11) is -0.511. The van der Waals surface area contributed by atoms with Crippen LogP contribution < -0.4 is 5.46 Å². The number of hydrogen-bond acceptors (Lipinski definition) is 6. The van der Waals surface area contributed by atoms with E-state index in [2.05, 4.69) is 84.0 Å². The third-order valence-corrected chi connectivity index (χ3v) is 10.8. The van der Waals surface area contributed by atoms with E-state index in [1.54, 1.807) is 0 Å². The maximum absolute atomic E-state index is 6.88. The lowest BCUT2D eigenvalue weighted by atomic mass is 9.78. The molecule has 0 spiro atoms. The van der Waals surface area contributed by atoms with E-state index in [-0.39, 0.29) is 5.41 Å². The van der Waals surface area contributed by atoms with Gasteiger partial charge in [-0.1, -0.05) is 111 Å². The fourth-order valence-electron chi connectivity index (χ4n) is 7.35. The summed E-state index contributed by atoms with van der Waals surface area (Å²) in [5.74, 6) is 1.83. The van der Waals surface area contributed by atoms with Gasteiger partial charge in [-0.3, -0.25) is 0 Å². The summed E-state index contributed by atoms with van der Waals surface area (Å²) >= 11 is 0. The molecule has 0 N–H and O–H groups in total. The summed E-state index contributed by atoms with van der Waals surface area (Å²) in [5.41, 5.74) is 8.88. The van der Waals surface area contributed by atoms with Gasteiger partial charge in [0, 0.05) is 38.4 Å². The highest BCUT2D eigenvalue weighted by Gasteiger charge is 2.52. The fourth-order valence-corrected chi connectivity index (χ4v) is 7.35. The predicted molar refractivity (Wildman–Crippen MR) is 197 cm³/mol. The van der Waals surface area contributed by atoms with E-state index in [1.165, 1.54) is 16.7 Å². The van der Waals surface area contributed by atoms with E-state index in [0.29, 0.717) is 17.5 Å². The summed E-state index contributed by atoms with van der Waals surface area (Å²) in [6, 6.07) is 37.4. The Balaban J connectivity index is 1.36. The zero-order valence-electron chi connectivity index (χ0n) is 28.5. The lowest BCUT2D eigenvalue weighted by molar-refractivity contribution is 0.00578. The van der Waals surface area contributed by atoms with Crippen molar-refractivity contribution in [2.75, 3.05) is 0 Å². The third-order valence-electron chi connectivity index (χ3n) is 10.8. The Kier molecular flexibility index (Phi) is 6.39. The van der Waals surface area contributed by atoms with Gasteiger partial charge in [0.25, 0.3) is 0 Å². The molecule has 0 atom stereocenters. The minimum atomic E-state index is -0.511. The Hall–Kier alpha value is -5.11. The number of nitrogens with zero attached hydrogens (tertiary/aromatic N) is 3. The standard InChI is InChI=1S/C42H36BN3O3/c1-40(2)31-20-14-13-19-28(31)35-32(40)24-30(39-45-37(25-15-9-7-10-16-25)44-38(46-39)26-17-11-8-12-18-26)34-29-23-27(21-22-33(29)47-36(34)35)43-48-41(3,4)42(5,6)49-43/h7-24H,1-6H3. The third kappa shape index (κ3) is 4.53. The van der Waals surface area contributed by atoms with E-state index < -0.39 is 18.3 Å². The number of rotatable bonds is 4. The molecule has 1 aliphatic carbocycles. The lowest BCUT2D eigenvalue weighted by Crippen LogP contribution is -2.41. The first kappa shape index (κ1) is 30.0. The highest BCUT2D eigenvalue weighted by atomic mass is 16.7. The maximum atomic E-state index is 6.88. The van der Waals surface area contributed by atoms with Gasteiger partial charge in [0.15, 0.2) is 17.5 Å². The van der Waals surface area contributed by atoms with Crippen LogP contribution in [0.4, 0.5) is 0 Å². The average molecular weight is 642 g/mol. The Morgan fingerprint density at radius 1 is 0.551 bits per heavy atom. The van der Waals surface area contributed by atoms with Crippen molar-refractivity contribution >= 4 is 34.5 Å². The Bertz CT molecular complexity index is 2360. The number of aromatic nitrogens is 3. The highest BCUT2D eigenvalue weighted by Crippen LogP contribution is 2.54. The van der Waals surface area contributed by atoms with Crippen LogP contribution in [0.5, 0.6) is 0 Å². The zero-order chi connectivity index (χ0) is 33.7. The number of benzene rings is 5. The topological polar surface area (TPSA) is 70.3 Å². The van der Waals surface area contributed by atoms with E-state index in [9.17, 15) is 0 Å². The van der Waals surface area contributed by atoms with Crippen LogP contribution in [-0.4, -0.2) is 33.3 Å². The molecule has 0 bridgehead atoms. The normalized spacial score (nSPS) is 17.1. The van der Waals surface area contributed by atoms with Crippen LogP contribution in [0.1, 0.15) is 52.7 Å². The summed E-state index contributed by atoms with van der Waals surface area (Å²) in [5, 5.41) is 1.92. The molecule has 2 aliphatic rings. The molecule has 0 saturated carbocycles. The molecule has 0 unspecified atom stereocenters. The van der Waals surface area contributed by atoms with Crippen molar-refractivity contribution in [3.63, 3.8) is 0 Å². The van der Waals surface area contributed by atoms with E-state index in [4.69, 9.17) is 28.7 Å². The lowest BCUT2D eigenvalue weighted by Gasteiger charge is -2.32. The molecule has 1 fully saturated rings. The van der Waals surface area contributed by atoms with Crippen LogP contribution in [0.15, 0.2) is 114 Å². The molecule has 0 amide bonds. The minimum Gasteiger partial charge on any atom is -0.455 e. The summed E-state index contributed by atoms with van der Waals surface area (Å²) in [6.45, 7) is 12.9. The van der Waals surface area contributed by atoms with Crippen molar-refractivity contribution in [2.45, 2.75) is 58.2 Å². The summed E-state index contributed by atoms with van der Waals surface area (Å²) in [4.78, 5) is 15.3. The van der Waals surface area contributed by atoms with E-state index in [1.807, 2.05) is 66.7 Å². The first-order chi connectivity index (χ1) is 23.5. The van der Waals surface area contributed by atoms with Gasteiger partial charge in [-0.15, -0.1) is 0 Å². The molecule has 1 saturated heterocycles. The first-order valence-corrected chi connectivity index (χ1v) is 16.9. The monoisotopic (exact) mass is 641 g/mol. The zero-order valence-corrected chi connectivity index (χ0v) is 28.5. The van der Waals surface area contributed by atoms with Gasteiger partial charge in [-0.05, 0) is 62.0 Å². The van der Waals surface area contributed by atoms with Crippen LogP contribution in [0.3, 0.4) is 0 Å². The largest absolute Gasteiger partial charge is 0.494 e. The van der Waals surface area contributed by atoms with Gasteiger partial charge < -0.3 is 13.7 Å². The average Bonchev–Trinajstić information content (AvgIpc) is 3.68. The summed E-state index contributed by atoms with van der Waals surface area (Å²) in [6.07, 6.45) is 0. The van der Waals surface area contributed by atoms with E-state index in [0.717, 1.165) is 49.7 Å². The molecule has 5 aromatic carbocycles. The molecule has 7 aromatic rings. The van der Waals surface area contributed by atoms with Crippen molar-refractivity contribution in [1.82, 2.24) is 15.0 Å².